The molecule has 2 aliphatic carbocycles. The first-order valence-corrected chi connectivity index (χ1v) is 8.05. The zero-order valence-electron chi connectivity index (χ0n) is 12.9. The van der Waals surface area contributed by atoms with Crippen LogP contribution in [0.4, 0.5) is 0 Å². The van der Waals surface area contributed by atoms with Crippen molar-refractivity contribution in [1.82, 2.24) is 9.80 Å². The van der Waals surface area contributed by atoms with Gasteiger partial charge >= 0.3 is 0 Å². The highest BCUT2D eigenvalue weighted by Gasteiger charge is 2.78. The van der Waals surface area contributed by atoms with E-state index in [2.05, 4.69) is 30.7 Å². The summed E-state index contributed by atoms with van der Waals surface area (Å²) in [5.74, 6) is 0.983. The minimum Gasteiger partial charge on any atom is -0.364 e. The topological polar surface area (TPSA) is 32.8 Å². The van der Waals surface area contributed by atoms with Gasteiger partial charge in [-0.05, 0) is 32.2 Å². The first-order chi connectivity index (χ1) is 9.43. The van der Waals surface area contributed by atoms with Crippen LogP contribution in [0.5, 0.6) is 0 Å². The van der Waals surface area contributed by atoms with Crippen LogP contribution in [0.2, 0.25) is 0 Å². The second kappa shape index (κ2) is 3.77. The van der Waals surface area contributed by atoms with Gasteiger partial charge in [0.1, 0.15) is 0 Å². The molecular weight excluding hydrogens is 252 g/mol. The third kappa shape index (κ3) is 1.24. The van der Waals surface area contributed by atoms with Crippen molar-refractivity contribution < 1.29 is 9.53 Å². The molecule has 0 unspecified atom stereocenters. The maximum atomic E-state index is 13.2. The molecule has 2 saturated heterocycles. The molecule has 4 nitrogen and oxygen atoms in total. The van der Waals surface area contributed by atoms with Crippen molar-refractivity contribution in [1.29, 1.82) is 0 Å². The fourth-order valence-electron chi connectivity index (χ4n) is 5.50. The van der Waals surface area contributed by atoms with Crippen LogP contribution in [0, 0.1) is 16.7 Å². The highest BCUT2D eigenvalue weighted by atomic mass is 16.5. The Bertz CT molecular complexity index is 459. The Hall–Kier alpha value is -0.610. The first kappa shape index (κ1) is 13.1. The summed E-state index contributed by atoms with van der Waals surface area (Å²) in [6.45, 7) is 9.15. The predicted molar refractivity (Wildman–Crippen MR) is 76.3 cm³/mol. The molecule has 4 bridgehead atoms. The van der Waals surface area contributed by atoms with Gasteiger partial charge in [-0.2, -0.15) is 0 Å². The van der Waals surface area contributed by atoms with Gasteiger partial charge in [-0.3, -0.25) is 4.79 Å². The average Bonchev–Trinajstić information content (AvgIpc) is 2.91. The van der Waals surface area contributed by atoms with Crippen LogP contribution < -0.4 is 0 Å². The van der Waals surface area contributed by atoms with Crippen LogP contribution >= 0.6 is 0 Å². The third-order valence-electron chi connectivity index (χ3n) is 7.33. The summed E-state index contributed by atoms with van der Waals surface area (Å²) in [6, 6.07) is 0. The average molecular weight is 278 g/mol. The zero-order chi connectivity index (χ0) is 14.2. The molecule has 2 aliphatic heterocycles. The monoisotopic (exact) mass is 278 g/mol. The molecule has 4 atom stereocenters. The molecule has 0 aromatic rings. The lowest BCUT2D eigenvalue weighted by Crippen LogP contribution is -2.59. The van der Waals surface area contributed by atoms with E-state index in [0.717, 1.165) is 45.6 Å². The smallest absolute Gasteiger partial charge is 0.255 e. The van der Waals surface area contributed by atoms with E-state index in [-0.39, 0.29) is 10.8 Å². The van der Waals surface area contributed by atoms with E-state index in [4.69, 9.17) is 4.74 Å². The van der Waals surface area contributed by atoms with Gasteiger partial charge in [0, 0.05) is 37.0 Å². The minimum atomic E-state index is -0.499. The van der Waals surface area contributed by atoms with Gasteiger partial charge < -0.3 is 14.5 Å². The van der Waals surface area contributed by atoms with Crippen LogP contribution in [0.3, 0.4) is 0 Å². The van der Waals surface area contributed by atoms with Crippen LogP contribution in [-0.4, -0.2) is 61.1 Å². The molecule has 112 valence electrons. The van der Waals surface area contributed by atoms with E-state index in [1.54, 1.807) is 0 Å². The maximum absolute atomic E-state index is 13.2. The lowest BCUT2D eigenvalue weighted by molar-refractivity contribution is -0.168. The second-order valence-corrected chi connectivity index (χ2v) is 7.90. The van der Waals surface area contributed by atoms with Gasteiger partial charge in [-0.1, -0.05) is 13.8 Å². The van der Waals surface area contributed by atoms with Crippen molar-refractivity contribution in [3.05, 3.63) is 0 Å². The molecule has 0 radical (unpaired) electrons. The van der Waals surface area contributed by atoms with E-state index in [1.165, 1.54) is 6.42 Å². The number of rotatable bonds is 1. The molecule has 4 fully saturated rings. The summed E-state index contributed by atoms with van der Waals surface area (Å²) in [5.41, 5.74) is -0.207. The fraction of sp³-hybridized carbons (Fsp3) is 0.938. The quantitative estimate of drug-likeness (QED) is 0.726. The Kier molecular flexibility index (Phi) is 2.47. The Morgan fingerprint density at radius 3 is 2.50 bits per heavy atom. The highest BCUT2D eigenvalue weighted by molar-refractivity contribution is 5.88. The third-order valence-corrected chi connectivity index (χ3v) is 7.33. The van der Waals surface area contributed by atoms with Crippen molar-refractivity contribution in [2.45, 2.75) is 38.7 Å². The van der Waals surface area contributed by atoms with E-state index in [0.29, 0.717) is 11.8 Å². The van der Waals surface area contributed by atoms with Crippen LogP contribution in [0.25, 0.3) is 0 Å². The van der Waals surface area contributed by atoms with E-state index in [1.807, 2.05) is 0 Å². The molecule has 0 aromatic heterocycles. The Morgan fingerprint density at radius 2 is 1.90 bits per heavy atom. The second-order valence-electron chi connectivity index (χ2n) is 7.90. The number of piperazine rings is 1. The molecule has 4 rings (SSSR count). The Balaban J connectivity index is 1.64. The molecule has 1 amide bonds. The van der Waals surface area contributed by atoms with Gasteiger partial charge in [0.2, 0.25) is 0 Å². The molecular formula is C16H26N2O2. The summed E-state index contributed by atoms with van der Waals surface area (Å²) in [4.78, 5) is 17.6. The minimum absolute atomic E-state index is 0.0606. The van der Waals surface area contributed by atoms with E-state index in [9.17, 15) is 4.79 Å². The summed E-state index contributed by atoms with van der Waals surface area (Å²) in [7, 11) is 2.13. The Morgan fingerprint density at radius 1 is 1.20 bits per heavy atom. The largest absolute Gasteiger partial charge is 0.364 e. The molecule has 0 aromatic carbocycles. The summed E-state index contributed by atoms with van der Waals surface area (Å²) >= 11 is 0. The number of hydrogen-bond acceptors (Lipinski definition) is 3. The van der Waals surface area contributed by atoms with Crippen molar-refractivity contribution in [2.24, 2.45) is 16.7 Å². The molecule has 20 heavy (non-hydrogen) atoms. The van der Waals surface area contributed by atoms with Crippen molar-refractivity contribution >= 4 is 5.91 Å². The van der Waals surface area contributed by atoms with Crippen LogP contribution in [0.1, 0.15) is 33.1 Å². The van der Waals surface area contributed by atoms with Gasteiger partial charge in [-0.25, -0.2) is 0 Å². The summed E-state index contributed by atoms with van der Waals surface area (Å²) in [6.07, 6.45) is 3.41. The van der Waals surface area contributed by atoms with Crippen molar-refractivity contribution in [2.75, 3.05) is 39.8 Å². The highest BCUT2D eigenvalue weighted by Crippen LogP contribution is 2.75. The number of hydrogen-bond donors (Lipinski definition) is 0. The molecule has 2 heterocycles. The van der Waals surface area contributed by atoms with Gasteiger partial charge in [0.05, 0.1) is 6.61 Å². The fourth-order valence-corrected chi connectivity index (χ4v) is 5.50. The van der Waals surface area contributed by atoms with Crippen LogP contribution in [-0.2, 0) is 9.53 Å². The SMILES string of the molecule is CN1CCN(C(=O)[C@@]23C[C@H]4CC[C@@]2(C)[C@@]4(C)CO3)CC1. The molecule has 0 spiro atoms. The number of carbonyl (C=O) groups is 1. The van der Waals surface area contributed by atoms with Gasteiger partial charge in [0.25, 0.3) is 5.91 Å². The molecule has 4 heteroatoms. The lowest BCUT2D eigenvalue weighted by atomic mass is 9.66. The van der Waals surface area contributed by atoms with E-state index >= 15 is 0 Å². The number of likely N-dealkylation sites (N-methyl/N-ethyl adjacent to an activating group) is 1. The van der Waals surface area contributed by atoms with Crippen LogP contribution in [0.15, 0.2) is 0 Å². The number of nitrogens with zero attached hydrogens (tertiary/aromatic N) is 2. The standard InChI is InChI=1S/C16H26N2O2/c1-14-11-20-16(10-12(14)4-5-15(14,16)2)13(19)18-8-6-17(3)7-9-18/h12H,4-11H2,1-3H3/t12-,14+,15+,16+/m1/s1. The summed E-state index contributed by atoms with van der Waals surface area (Å²) in [5, 5.41) is 0. The van der Waals surface area contributed by atoms with Crippen molar-refractivity contribution in [3.8, 4) is 0 Å². The number of carbonyl (C=O) groups excluding carboxylic acids is 1. The van der Waals surface area contributed by atoms with Gasteiger partial charge in [0.15, 0.2) is 5.60 Å². The summed E-state index contributed by atoms with van der Waals surface area (Å²) < 4.78 is 6.22. The number of amides is 1. The zero-order valence-corrected chi connectivity index (χ0v) is 12.9. The maximum Gasteiger partial charge on any atom is 0.255 e. The Labute approximate surface area is 121 Å². The predicted octanol–water partition coefficient (Wildman–Crippen LogP) is 1.36. The van der Waals surface area contributed by atoms with E-state index < -0.39 is 5.60 Å². The molecule has 0 N–H and O–H groups in total. The van der Waals surface area contributed by atoms with Crippen molar-refractivity contribution in [3.63, 3.8) is 0 Å². The first-order valence-electron chi connectivity index (χ1n) is 8.05. The molecule has 4 aliphatic rings. The normalized spacial score (nSPS) is 51.0. The van der Waals surface area contributed by atoms with Gasteiger partial charge in [-0.15, -0.1) is 0 Å². The lowest BCUT2D eigenvalue weighted by Gasteiger charge is -2.44. The number of ether oxygens (including phenoxy) is 1. The molecule has 2 saturated carbocycles.